The third kappa shape index (κ3) is 5.53. The second kappa shape index (κ2) is 13.0. The number of nitrogens with zero attached hydrogens (tertiary/aromatic N) is 3. The van der Waals surface area contributed by atoms with Gasteiger partial charge in [-0.2, -0.15) is 0 Å². The van der Waals surface area contributed by atoms with Crippen LogP contribution in [0.4, 0.5) is 0 Å². The van der Waals surface area contributed by atoms with Crippen LogP contribution in [0.25, 0.3) is 111 Å². The highest BCUT2D eigenvalue weighted by atomic mass is 16.3. The number of hydrogen-bond acceptors (Lipinski definition) is 5. The van der Waals surface area contributed by atoms with Gasteiger partial charge in [0.05, 0.1) is 0 Å². The molecule has 0 amide bonds. The first-order valence-electron chi connectivity index (χ1n) is 18.7. The van der Waals surface area contributed by atoms with Gasteiger partial charge in [-0.25, -0.2) is 15.0 Å². The first-order chi connectivity index (χ1) is 27.7. The molecular formula is C51H31N3O2. The Bertz CT molecular complexity index is 3180. The topological polar surface area (TPSA) is 65.0 Å². The van der Waals surface area contributed by atoms with Crippen molar-refractivity contribution in [2.24, 2.45) is 0 Å². The molecule has 56 heavy (non-hydrogen) atoms. The number of rotatable bonds is 6. The molecule has 3 heterocycles. The lowest BCUT2D eigenvalue weighted by Crippen LogP contribution is -2.00. The molecule has 0 aliphatic heterocycles. The minimum Gasteiger partial charge on any atom is -0.456 e. The average molecular weight is 718 g/mol. The van der Waals surface area contributed by atoms with Crippen LogP contribution in [0, 0.1) is 0 Å². The van der Waals surface area contributed by atoms with Crippen LogP contribution >= 0.6 is 0 Å². The number of hydrogen-bond donors (Lipinski definition) is 0. The van der Waals surface area contributed by atoms with Crippen molar-refractivity contribution in [2.75, 3.05) is 0 Å². The summed E-state index contributed by atoms with van der Waals surface area (Å²) in [4.78, 5) is 14.7. The van der Waals surface area contributed by atoms with Gasteiger partial charge < -0.3 is 8.83 Å². The molecule has 11 rings (SSSR count). The predicted molar refractivity (Wildman–Crippen MR) is 227 cm³/mol. The van der Waals surface area contributed by atoms with E-state index in [1.54, 1.807) is 0 Å². The molecular weight excluding hydrogens is 687 g/mol. The third-order valence-corrected chi connectivity index (χ3v) is 10.5. The summed E-state index contributed by atoms with van der Waals surface area (Å²) in [7, 11) is 0. The monoisotopic (exact) mass is 717 g/mol. The highest BCUT2D eigenvalue weighted by molar-refractivity contribution is 6.12. The van der Waals surface area contributed by atoms with Crippen molar-refractivity contribution in [3.05, 3.63) is 188 Å². The molecule has 0 bridgehead atoms. The van der Waals surface area contributed by atoms with Crippen LogP contribution in [0.3, 0.4) is 0 Å². The largest absolute Gasteiger partial charge is 0.456 e. The van der Waals surface area contributed by atoms with Crippen LogP contribution < -0.4 is 0 Å². The summed E-state index contributed by atoms with van der Waals surface area (Å²) in [6.45, 7) is 0. The van der Waals surface area contributed by atoms with Gasteiger partial charge in [-0.1, -0.05) is 140 Å². The molecule has 0 N–H and O–H groups in total. The molecule has 0 atom stereocenters. The number of fused-ring (bicyclic) bond motifs is 6. The van der Waals surface area contributed by atoms with Crippen LogP contribution in [-0.2, 0) is 0 Å². The van der Waals surface area contributed by atoms with Gasteiger partial charge in [-0.15, -0.1) is 0 Å². The van der Waals surface area contributed by atoms with Gasteiger partial charge in [0.25, 0.3) is 0 Å². The van der Waals surface area contributed by atoms with Crippen molar-refractivity contribution in [3.63, 3.8) is 0 Å². The second-order valence-electron chi connectivity index (χ2n) is 14.0. The second-order valence-corrected chi connectivity index (χ2v) is 14.0. The van der Waals surface area contributed by atoms with Crippen LogP contribution in [0.5, 0.6) is 0 Å². The van der Waals surface area contributed by atoms with Crippen LogP contribution in [0.15, 0.2) is 197 Å². The lowest BCUT2D eigenvalue weighted by molar-refractivity contribution is 0.669. The number of benzene rings is 8. The zero-order valence-corrected chi connectivity index (χ0v) is 30.1. The Labute approximate surface area is 322 Å². The lowest BCUT2D eigenvalue weighted by Gasteiger charge is -2.10. The lowest BCUT2D eigenvalue weighted by atomic mass is 9.93. The standard InChI is InChI=1S/C51H31N3O2/c1-4-13-32(14-5-1)35-19-12-20-37(27-35)43-28-39(29-44-40-21-10-11-22-45(40)56-48(43)44)36-23-25-41-42-26-24-38(31-47(42)55-46(41)30-36)51-53-49(33-15-6-2-7-16-33)52-50(54-51)34-17-8-3-9-18-34/h1-31H. The SMILES string of the molecule is c1ccc(-c2cccc(-c3cc(-c4ccc5c(c4)oc4cc(-c6nc(-c7ccccc7)nc(-c7ccccc7)n6)ccc45)cc4c3oc3ccccc34)c2)cc1. The zero-order chi connectivity index (χ0) is 37.0. The number of para-hydroxylation sites is 1. The van der Waals surface area contributed by atoms with E-state index in [2.05, 4.69) is 103 Å². The smallest absolute Gasteiger partial charge is 0.164 e. The molecule has 262 valence electrons. The van der Waals surface area contributed by atoms with E-state index in [1.807, 2.05) is 84.9 Å². The molecule has 0 saturated heterocycles. The van der Waals surface area contributed by atoms with Gasteiger partial charge >= 0.3 is 0 Å². The van der Waals surface area contributed by atoms with Gasteiger partial charge in [-0.05, 0) is 76.3 Å². The fourth-order valence-corrected chi connectivity index (χ4v) is 7.74. The maximum Gasteiger partial charge on any atom is 0.164 e. The van der Waals surface area contributed by atoms with Crippen molar-refractivity contribution in [2.45, 2.75) is 0 Å². The molecule has 5 heteroatoms. The first kappa shape index (κ1) is 31.9. The van der Waals surface area contributed by atoms with Gasteiger partial charge in [-0.3, -0.25) is 0 Å². The summed E-state index contributed by atoms with van der Waals surface area (Å²) in [5.74, 6) is 1.83. The van der Waals surface area contributed by atoms with Crippen LogP contribution in [0.1, 0.15) is 0 Å². The van der Waals surface area contributed by atoms with Gasteiger partial charge in [0.15, 0.2) is 17.5 Å². The van der Waals surface area contributed by atoms with Crippen molar-refractivity contribution in [1.82, 2.24) is 15.0 Å². The summed E-state index contributed by atoms with van der Waals surface area (Å²) in [5, 5.41) is 4.25. The van der Waals surface area contributed by atoms with Crippen molar-refractivity contribution in [1.29, 1.82) is 0 Å². The molecule has 0 saturated carbocycles. The van der Waals surface area contributed by atoms with E-state index in [0.717, 1.165) is 88.4 Å². The van der Waals surface area contributed by atoms with Gasteiger partial charge in [0, 0.05) is 43.8 Å². The van der Waals surface area contributed by atoms with E-state index in [4.69, 9.17) is 23.8 Å². The Hall–Kier alpha value is -7.63. The highest BCUT2D eigenvalue weighted by Gasteiger charge is 2.18. The third-order valence-electron chi connectivity index (χ3n) is 10.5. The van der Waals surface area contributed by atoms with Crippen molar-refractivity contribution < 1.29 is 8.83 Å². The Morgan fingerprint density at radius 2 is 0.768 bits per heavy atom. The predicted octanol–water partition coefficient (Wildman–Crippen LogP) is 13.7. The molecule has 0 aliphatic rings. The minimum atomic E-state index is 0.588. The molecule has 0 fully saturated rings. The van der Waals surface area contributed by atoms with E-state index in [-0.39, 0.29) is 0 Å². The van der Waals surface area contributed by atoms with E-state index in [9.17, 15) is 0 Å². The normalized spacial score (nSPS) is 11.6. The van der Waals surface area contributed by atoms with Gasteiger partial charge in [0.2, 0.25) is 0 Å². The van der Waals surface area contributed by atoms with Crippen LogP contribution in [0.2, 0.25) is 0 Å². The Morgan fingerprint density at radius 1 is 0.268 bits per heavy atom. The molecule has 0 unspecified atom stereocenters. The number of furan rings is 2. The van der Waals surface area contributed by atoms with Crippen molar-refractivity contribution >= 4 is 43.9 Å². The molecule has 0 aliphatic carbocycles. The van der Waals surface area contributed by atoms with Gasteiger partial charge in [0.1, 0.15) is 22.3 Å². The fourth-order valence-electron chi connectivity index (χ4n) is 7.74. The molecule has 0 spiro atoms. The maximum absolute atomic E-state index is 6.64. The summed E-state index contributed by atoms with van der Waals surface area (Å²) in [5.41, 5.74) is 12.7. The summed E-state index contributed by atoms with van der Waals surface area (Å²) in [6.07, 6.45) is 0. The summed E-state index contributed by atoms with van der Waals surface area (Å²) < 4.78 is 13.2. The average Bonchev–Trinajstić information content (AvgIpc) is 3.84. The summed E-state index contributed by atoms with van der Waals surface area (Å²) >= 11 is 0. The molecule has 3 aromatic heterocycles. The summed E-state index contributed by atoms with van der Waals surface area (Å²) in [6, 6.07) is 64.7. The minimum absolute atomic E-state index is 0.588. The Balaban J connectivity index is 1.03. The molecule has 5 nitrogen and oxygen atoms in total. The molecule has 0 radical (unpaired) electrons. The van der Waals surface area contributed by atoms with E-state index >= 15 is 0 Å². The highest BCUT2D eigenvalue weighted by Crippen LogP contribution is 2.42. The van der Waals surface area contributed by atoms with E-state index in [0.29, 0.717) is 17.5 Å². The van der Waals surface area contributed by atoms with E-state index < -0.39 is 0 Å². The fraction of sp³-hybridized carbons (Fsp3) is 0. The quantitative estimate of drug-likeness (QED) is 0.171. The Kier molecular flexibility index (Phi) is 7.42. The first-order valence-corrected chi connectivity index (χ1v) is 18.7. The maximum atomic E-state index is 6.64. The molecule has 11 aromatic rings. The zero-order valence-electron chi connectivity index (χ0n) is 30.1. The van der Waals surface area contributed by atoms with Crippen molar-refractivity contribution in [3.8, 4) is 67.5 Å². The molecule has 8 aromatic carbocycles. The Morgan fingerprint density at radius 3 is 1.45 bits per heavy atom. The van der Waals surface area contributed by atoms with Crippen LogP contribution in [-0.4, -0.2) is 15.0 Å². The number of aromatic nitrogens is 3. The van der Waals surface area contributed by atoms with E-state index in [1.165, 1.54) is 5.56 Å².